The minimum absolute atomic E-state index is 0.0354. The minimum Gasteiger partial charge on any atom is -0.491 e. The monoisotopic (exact) mass is 792 g/mol. The summed E-state index contributed by atoms with van der Waals surface area (Å²) in [6.07, 6.45) is 1.14. The molecule has 14 nitrogen and oxygen atoms in total. The molecule has 0 amide bonds. The molecule has 7 fully saturated rings. The van der Waals surface area contributed by atoms with Crippen LogP contribution in [0.2, 0.25) is 0 Å². The first-order valence-corrected chi connectivity index (χ1v) is 21.1. The fraction of sp³-hybridized carbons (Fsp3) is 0.905. The summed E-state index contributed by atoms with van der Waals surface area (Å²) in [4.78, 5) is 0. The summed E-state index contributed by atoms with van der Waals surface area (Å²) >= 11 is 0. The average Bonchev–Trinajstić information content (AvgIpc) is 3.81. The fourth-order valence-corrected chi connectivity index (χ4v) is 12.3. The maximum absolute atomic E-state index is 11.7. The lowest BCUT2D eigenvalue weighted by Crippen LogP contribution is -2.61. The average molecular weight is 793 g/mol. The lowest BCUT2D eigenvalue weighted by molar-refractivity contribution is -0.353. The van der Waals surface area contributed by atoms with Crippen LogP contribution in [-0.2, 0) is 56.8 Å². The molecule has 14 heteroatoms. The van der Waals surface area contributed by atoms with Crippen molar-refractivity contribution in [2.75, 3.05) is 34.5 Å². The molecule has 9 aliphatic rings. The van der Waals surface area contributed by atoms with E-state index in [-0.39, 0.29) is 35.1 Å². The van der Waals surface area contributed by atoms with Crippen LogP contribution < -0.4 is 0 Å². The Kier molecular flexibility index (Phi) is 10.8. The summed E-state index contributed by atoms with van der Waals surface area (Å²) < 4.78 is 74.7. The Morgan fingerprint density at radius 3 is 2.21 bits per heavy atom. The summed E-state index contributed by atoms with van der Waals surface area (Å²) in [7, 11) is 4.79. The summed E-state index contributed by atoms with van der Waals surface area (Å²) in [5, 5.41) is 22.1. The van der Waals surface area contributed by atoms with Crippen molar-refractivity contribution in [3.63, 3.8) is 0 Å². The molecule has 6 heterocycles. The lowest BCUT2D eigenvalue weighted by atomic mass is 9.52. The predicted molar refractivity (Wildman–Crippen MR) is 197 cm³/mol. The molecule has 0 aromatic rings. The van der Waals surface area contributed by atoms with Gasteiger partial charge in [0.2, 0.25) is 0 Å². The topological polar surface area (TPSA) is 151 Å². The van der Waals surface area contributed by atoms with E-state index in [9.17, 15) is 10.2 Å². The summed E-state index contributed by atoms with van der Waals surface area (Å²) in [5.74, 6) is 1.39. The van der Waals surface area contributed by atoms with E-state index in [1.165, 1.54) is 16.9 Å². The van der Waals surface area contributed by atoms with Gasteiger partial charge in [0.05, 0.1) is 61.2 Å². The number of ether oxygens (including phenoxy) is 12. The van der Waals surface area contributed by atoms with E-state index >= 15 is 0 Å². The number of aliphatic hydroxyl groups is 2. The van der Waals surface area contributed by atoms with Crippen molar-refractivity contribution in [3.8, 4) is 0 Å². The zero-order valence-electron chi connectivity index (χ0n) is 34.3. The third-order valence-corrected chi connectivity index (χ3v) is 15.3. The zero-order valence-corrected chi connectivity index (χ0v) is 34.3. The van der Waals surface area contributed by atoms with Crippen LogP contribution in [0.25, 0.3) is 0 Å². The van der Waals surface area contributed by atoms with Crippen LogP contribution in [0.1, 0.15) is 86.0 Å². The number of methoxy groups -OCH3 is 3. The van der Waals surface area contributed by atoms with Crippen LogP contribution >= 0.6 is 0 Å². The summed E-state index contributed by atoms with van der Waals surface area (Å²) in [6, 6.07) is 0. The third-order valence-electron chi connectivity index (χ3n) is 15.3. The Balaban J connectivity index is 0.822. The highest BCUT2D eigenvalue weighted by atomic mass is 16.8. The molecule has 0 aromatic carbocycles. The largest absolute Gasteiger partial charge is 0.491 e. The Labute approximate surface area is 330 Å². The SMILES string of the molecule is COC1CC(OC2C(C)OC(OC3C(C)OC(OC4CCC5(C)C(=CCC6=C7OC8COC9(C)OCC7(CCC65)C89)C4)C(O)C3OC)CC2OC)OC(C)C1O. The molecular formula is C42H64O14. The van der Waals surface area contributed by atoms with E-state index in [1.807, 2.05) is 13.8 Å². The van der Waals surface area contributed by atoms with Gasteiger partial charge in [0.15, 0.2) is 24.7 Å². The van der Waals surface area contributed by atoms with Crippen molar-refractivity contribution >= 4 is 0 Å². The molecule has 20 unspecified atom stereocenters. The highest BCUT2D eigenvalue weighted by molar-refractivity contribution is 5.40. The van der Waals surface area contributed by atoms with Crippen molar-refractivity contribution in [1.82, 2.24) is 0 Å². The number of rotatable bonds is 9. The van der Waals surface area contributed by atoms with Gasteiger partial charge in [-0.1, -0.05) is 18.6 Å². The van der Waals surface area contributed by atoms with Crippen molar-refractivity contribution < 1.29 is 67.1 Å². The quantitative estimate of drug-likeness (QED) is 0.325. The second kappa shape index (κ2) is 15.0. The molecule has 316 valence electrons. The Hall–Kier alpha value is -1.24. The maximum atomic E-state index is 11.7. The van der Waals surface area contributed by atoms with Gasteiger partial charge >= 0.3 is 0 Å². The predicted octanol–water partition coefficient (Wildman–Crippen LogP) is 3.89. The van der Waals surface area contributed by atoms with Crippen LogP contribution in [-0.4, -0.2) is 143 Å². The number of hydrogen-bond acceptors (Lipinski definition) is 14. The smallest absolute Gasteiger partial charge is 0.186 e. The normalized spacial score (nSPS) is 53.8. The molecule has 0 bridgehead atoms. The second-order valence-corrected chi connectivity index (χ2v) is 18.4. The molecule has 2 N–H and O–H groups in total. The molecule has 0 aromatic heterocycles. The Morgan fingerprint density at radius 1 is 0.750 bits per heavy atom. The standard InChI is InChI=1S/C42H64O14/c1-20-32(43)27(45-6)16-30(50-20)55-34-21(2)51-31(17-28(34)46-7)56-35-22(3)52-39(33(44)36(35)47-8)53-24-11-13-40(4)23(15-24)9-10-25-26(40)12-14-42-19-49-41(5)37(42)29(18-48-41)54-38(25)42/h9,20-22,24,26-37,39,43-44H,10-19H2,1-8H3. The van der Waals surface area contributed by atoms with Gasteiger partial charge in [-0.25, -0.2) is 0 Å². The first-order chi connectivity index (χ1) is 26.8. The number of hydrogen-bond donors (Lipinski definition) is 2. The van der Waals surface area contributed by atoms with Crippen molar-refractivity contribution in [2.24, 2.45) is 22.7 Å². The van der Waals surface area contributed by atoms with Crippen molar-refractivity contribution in [3.05, 3.63) is 23.0 Å². The van der Waals surface area contributed by atoms with E-state index < -0.39 is 79.6 Å². The molecule has 3 aliphatic carbocycles. The van der Waals surface area contributed by atoms with E-state index in [4.69, 9.17) is 56.8 Å². The first kappa shape index (κ1) is 40.2. The van der Waals surface area contributed by atoms with Gasteiger partial charge < -0.3 is 67.1 Å². The van der Waals surface area contributed by atoms with Crippen molar-refractivity contribution in [2.45, 2.75) is 184 Å². The first-order valence-electron chi connectivity index (χ1n) is 21.1. The Bertz CT molecular complexity index is 1520. The van der Waals surface area contributed by atoms with Crippen molar-refractivity contribution in [1.29, 1.82) is 0 Å². The van der Waals surface area contributed by atoms with E-state index in [1.54, 1.807) is 28.3 Å². The zero-order chi connectivity index (χ0) is 39.3. The van der Waals surface area contributed by atoms with Gasteiger partial charge in [-0.3, -0.25) is 0 Å². The highest BCUT2D eigenvalue weighted by Crippen LogP contribution is 2.69. The second-order valence-electron chi connectivity index (χ2n) is 18.4. The van der Waals surface area contributed by atoms with Crippen LogP contribution in [0.5, 0.6) is 0 Å². The fourth-order valence-electron chi connectivity index (χ4n) is 12.3. The lowest BCUT2D eigenvalue weighted by Gasteiger charge is -2.52. The van der Waals surface area contributed by atoms with Gasteiger partial charge in [0, 0.05) is 34.2 Å². The number of aliphatic hydroxyl groups excluding tert-OH is 2. The van der Waals surface area contributed by atoms with E-state index in [0.29, 0.717) is 32.0 Å². The third kappa shape index (κ3) is 6.39. The molecule has 1 spiro atoms. The summed E-state index contributed by atoms with van der Waals surface area (Å²) in [5.41, 5.74) is 2.90. The number of allylic oxidation sites excluding steroid dienone is 2. The number of fused-ring (bicyclic) bond motifs is 3. The molecule has 6 saturated heterocycles. The molecule has 0 radical (unpaired) electrons. The molecule has 20 atom stereocenters. The summed E-state index contributed by atoms with van der Waals surface area (Å²) in [6.45, 7) is 11.5. The van der Waals surface area contributed by atoms with Crippen LogP contribution in [0, 0.1) is 22.7 Å². The minimum atomic E-state index is -1.08. The highest BCUT2D eigenvalue weighted by Gasteiger charge is 2.72. The van der Waals surface area contributed by atoms with E-state index in [0.717, 1.165) is 38.5 Å². The van der Waals surface area contributed by atoms with Gasteiger partial charge in [0.1, 0.15) is 42.4 Å². The molecule has 56 heavy (non-hydrogen) atoms. The maximum Gasteiger partial charge on any atom is 0.186 e. The van der Waals surface area contributed by atoms with Gasteiger partial charge in [-0.05, 0) is 83.1 Å². The Morgan fingerprint density at radius 2 is 1.46 bits per heavy atom. The van der Waals surface area contributed by atoms with Crippen LogP contribution in [0.4, 0.5) is 0 Å². The van der Waals surface area contributed by atoms with Gasteiger partial charge in [-0.15, -0.1) is 0 Å². The van der Waals surface area contributed by atoms with E-state index in [2.05, 4.69) is 19.9 Å². The van der Waals surface area contributed by atoms with Gasteiger partial charge in [0.25, 0.3) is 0 Å². The molecule has 9 rings (SSSR count). The molecular weight excluding hydrogens is 728 g/mol. The van der Waals surface area contributed by atoms with Gasteiger partial charge in [-0.2, -0.15) is 0 Å². The van der Waals surface area contributed by atoms with Crippen LogP contribution in [0.3, 0.4) is 0 Å². The van der Waals surface area contributed by atoms with Crippen LogP contribution in [0.15, 0.2) is 23.0 Å². The molecule has 1 saturated carbocycles. The molecule has 6 aliphatic heterocycles.